The molecule has 0 atom stereocenters. The molecular formula is C19H20N2O6S. The number of fused-ring (bicyclic) bond motifs is 1. The summed E-state index contributed by atoms with van der Waals surface area (Å²) in [6.45, 7) is 2.26. The number of benzene rings is 2. The topological polar surface area (TPSA) is 122 Å². The van der Waals surface area contributed by atoms with Crippen molar-refractivity contribution >= 4 is 33.3 Å². The molecule has 1 aliphatic heterocycles. The Kier molecular flexibility index (Phi) is 5.55. The van der Waals surface area contributed by atoms with E-state index in [-0.39, 0.29) is 27.8 Å². The minimum atomic E-state index is -3.99. The van der Waals surface area contributed by atoms with E-state index in [1.807, 2.05) is 6.92 Å². The Hall–Kier alpha value is -3.07. The second-order valence-electron chi connectivity index (χ2n) is 6.34. The molecule has 0 bridgehead atoms. The second-order valence-corrected chi connectivity index (χ2v) is 8.02. The van der Waals surface area contributed by atoms with Gasteiger partial charge in [-0.25, -0.2) is 13.2 Å². The molecule has 3 rings (SSSR count). The van der Waals surface area contributed by atoms with E-state index in [2.05, 4.69) is 10.0 Å². The van der Waals surface area contributed by atoms with Gasteiger partial charge in [-0.05, 0) is 54.8 Å². The molecule has 0 saturated heterocycles. The lowest BCUT2D eigenvalue weighted by Crippen LogP contribution is -2.20. The van der Waals surface area contributed by atoms with Gasteiger partial charge in [0.1, 0.15) is 5.75 Å². The zero-order valence-corrected chi connectivity index (χ0v) is 16.0. The first-order valence-corrected chi connectivity index (χ1v) is 10.2. The first-order chi connectivity index (χ1) is 13.3. The Morgan fingerprint density at radius 1 is 1.21 bits per heavy atom. The number of carbonyl (C=O) groups excluding carboxylic acids is 1. The summed E-state index contributed by atoms with van der Waals surface area (Å²) in [6.07, 6.45) is 1.45. The SMILES string of the molecule is CCCOc1ccc(C(=O)O)cc1NS(=O)(=O)c1ccc2c(c1)CCC(=O)N2. The average molecular weight is 404 g/mol. The molecule has 0 fully saturated rings. The summed E-state index contributed by atoms with van der Waals surface area (Å²) >= 11 is 0. The van der Waals surface area contributed by atoms with Crippen LogP contribution in [0.4, 0.5) is 11.4 Å². The number of rotatable bonds is 7. The van der Waals surface area contributed by atoms with Crippen LogP contribution in [0.15, 0.2) is 41.3 Å². The fraction of sp³-hybridized carbons (Fsp3) is 0.263. The smallest absolute Gasteiger partial charge is 0.335 e. The highest BCUT2D eigenvalue weighted by atomic mass is 32.2. The number of carbonyl (C=O) groups is 2. The van der Waals surface area contributed by atoms with Crippen LogP contribution in [-0.2, 0) is 21.2 Å². The number of hydrogen-bond donors (Lipinski definition) is 3. The molecule has 9 heteroatoms. The lowest BCUT2D eigenvalue weighted by atomic mass is 10.0. The van der Waals surface area contributed by atoms with Crippen LogP contribution in [0.2, 0.25) is 0 Å². The third-order valence-corrected chi connectivity index (χ3v) is 5.58. The number of nitrogens with one attached hydrogen (secondary N) is 2. The van der Waals surface area contributed by atoms with Crippen LogP contribution in [0, 0.1) is 0 Å². The molecule has 0 aromatic heterocycles. The van der Waals surface area contributed by atoms with Crippen molar-refractivity contribution in [3.05, 3.63) is 47.5 Å². The van der Waals surface area contributed by atoms with E-state index in [4.69, 9.17) is 4.74 Å². The number of amides is 1. The van der Waals surface area contributed by atoms with Gasteiger partial charge >= 0.3 is 5.97 Å². The average Bonchev–Trinajstić information content (AvgIpc) is 2.66. The van der Waals surface area contributed by atoms with Crippen LogP contribution < -0.4 is 14.8 Å². The first kappa shape index (κ1) is 19.7. The third kappa shape index (κ3) is 4.25. The van der Waals surface area contributed by atoms with E-state index in [1.165, 1.54) is 30.3 Å². The van der Waals surface area contributed by atoms with Gasteiger partial charge in [-0.15, -0.1) is 0 Å². The number of carboxylic acid groups (broad SMARTS) is 1. The maximum Gasteiger partial charge on any atom is 0.335 e. The number of hydrogen-bond acceptors (Lipinski definition) is 5. The van der Waals surface area contributed by atoms with E-state index >= 15 is 0 Å². The second kappa shape index (κ2) is 7.89. The molecule has 0 unspecified atom stereocenters. The minimum absolute atomic E-state index is 0.0181. The third-order valence-electron chi connectivity index (χ3n) is 4.22. The lowest BCUT2D eigenvalue weighted by molar-refractivity contribution is -0.116. The van der Waals surface area contributed by atoms with Crippen molar-refractivity contribution in [2.45, 2.75) is 31.1 Å². The largest absolute Gasteiger partial charge is 0.491 e. The molecule has 2 aromatic rings. The molecule has 3 N–H and O–H groups in total. The Bertz CT molecular complexity index is 1030. The zero-order chi connectivity index (χ0) is 20.3. The number of carboxylic acids is 1. The maximum absolute atomic E-state index is 12.9. The number of aryl methyl sites for hydroxylation is 1. The van der Waals surface area contributed by atoms with E-state index in [1.54, 1.807) is 6.07 Å². The molecule has 0 aliphatic carbocycles. The zero-order valence-electron chi connectivity index (χ0n) is 15.2. The highest BCUT2D eigenvalue weighted by molar-refractivity contribution is 7.92. The molecular weight excluding hydrogens is 384 g/mol. The summed E-state index contributed by atoms with van der Waals surface area (Å²) in [5, 5.41) is 11.9. The quantitative estimate of drug-likeness (QED) is 0.652. The molecule has 0 spiro atoms. The van der Waals surface area contributed by atoms with Crippen LogP contribution in [-0.4, -0.2) is 32.0 Å². The highest BCUT2D eigenvalue weighted by Gasteiger charge is 2.22. The van der Waals surface area contributed by atoms with Gasteiger partial charge in [0.25, 0.3) is 10.0 Å². The molecule has 1 aliphatic rings. The summed E-state index contributed by atoms with van der Waals surface area (Å²) in [5.74, 6) is -1.03. The van der Waals surface area contributed by atoms with Crippen molar-refractivity contribution < 1.29 is 27.9 Å². The molecule has 1 heterocycles. The van der Waals surface area contributed by atoms with Gasteiger partial charge in [0.15, 0.2) is 0 Å². The maximum atomic E-state index is 12.9. The molecule has 0 radical (unpaired) electrons. The van der Waals surface area contributed by atoms with Crippen LogP contribution >= 0.6 is 0 Å². The van der Waals surface area contributed by atoms with Crippen LogP contribution in [0.1, 0.15) is 35.7 Å². The Balaban J connectivity index is 1.94. The van der Waals surface area contributed by atoms with Crippen molar-refractivity contribution in [2.75, 3.05) is 16.6 Å². The number of aromatic carboxylic acids is 1. The normalized spacial score (nSPS) is 13.4. The lowest BCUT2D eigenvalue weighted by Gasteiger charge is -2.18. The van der Waals surface area contributed by atoms with Gasteiger partial charge in [-0.3, -0.25) is 9.52 Å². The predicted octanol–water partition coefficient (Wildman–Crippen LogP) is 2.86. The van der Waals surface area contributed by atoms with Gasteiger partial charge in [0.2, 0.25) is 5.91 Å². The van der Waals surface area contributed by atoms with Crippen LogP contribution in [0.3, 0.4) is 0 Å². The molecule has 2 aromatic carbocycles. The van der Waals surface area contributed by atoms with E-state index in [0.717, 1.165) is 5.56 Å². The number of ether oxygens (including phenoxy) is 1. The van der Waals surface area contributed by atoms with Gasteiger partial charge in [0, 0.05) is 12.1 Å². The minimum Gasteiger partial charge on any atom is -0.491 e. The summed E-state index contributed by atoms with van der Waals surface area (Å²) in [4.78, 5) is 22.7. The molecule has 8 nitrogen and oxygen atoms in total. The van der Waals surface area contributed by atoms with Gasteiger partial charge < -0.3 is 15.2 Å². The van der Waals surface area contributed by atoms with Crippen molar-refractivity contribution in [2.24, 2.45) is 0 Å². The van der Waals surface area contributed by atoms with E-state index in [9.17, 15) is 23.1 Å². The van der Waals surface area contributed by atoms with E-state index < -0.39 is 16.0 Å². The summed E-state index contributed by atoms with van der Waals surface area (Å²) in [6, 6.07) is 8.45. The van der Waals surface area contributed by atoms with Crippen LogP contribution in [0.25, 0.3) is 0 Å². The highest BCUT2D eigenvalue weighted by Crippen LogP contribution is 2.30. The summed E-state index contributed by atoms with van der Waals surface area (Å²) in [7, 11) is -3.99. The Labute approximate surface area is 162 Å². The van der Waals surface area contributed by atoms with Crippen molar-refractivity contribution in [3.63, 3.8) is 0 Å². The van der Waals surface area contributed by atoms with Crippen molar-refractivity contribution in [1.29, 1.82) is 0 Å². The standard InChI is InChI=1S/C19H20N2O6S/c1-2-9-27-17-7-3-13(19(23)24)11-16(17)21-28(25,26)14-5-6-15-12(10-14)4-8-18(22)20-15/h3,5-7,10-11,21H,2,4,8-9H2,1H3,(H,20,22)(H,23,24). The Morgan fingerprint density at radius 2 is 2.00 bits per heavy atom. The van der Waals surface area contributed by atoms with Crippen molar-refractivity contribution in [1.82, 2.24) is 0 Å². The molecule has 1 amide bonds. The predicted molar refractivity (Wildman–Crippen MR) is 103 cm³/mol. The van der Waals surface area contributed by atoms with Gasteiger partial charge in [-0.1, -0.05) is 6.92 Å². The van der Waals surface area contributed by atoms with Gasteiger partial charge in [-0.2, -0.15) is 0 Å². The fourth-order valence-electron chi connectivity index (χ4n) is 2.81. The molecule has 0 saturated carbocycles. The monoisotopic (exact) mass is 404 g/mol. The molecule has 148 valence electrons. The van der Waals surface area contributed by atoms with Crippen LogP contribution in [0.5, 0.6) is 5.75 Å². The van der Waals surface area contributed by atoms with E-state index in [0.29, 0.717) is 31.6 Å². The van der Waals surface area contributed by atoms with Gasteiger partial charge in [0.05, 0.1) is 22.8 Å². The molecule has 28 heavy (non-hydrogen) atoms. The first-order valence-electron chi connectivity index (χ1n) is 8.76. The summed E-state index contributed by atoms with van der Waals surface area (Å²) in [5.41, 5.74) is 1.31. The van der Waals surface area contributed by atoms with Crippen molar-refractivity contribution in [3.8, 4) is 5.75 Å². The fourth-order valence-corrected chi connectivity index (χ4v) is 3.92. The Morgan fingerprint density at radius 3 is 2.71 bits per heavy atom. The summed E-state index contributed by atoms with van der Waals surface area (Å²) < 4.78 is 33.7. The number of anilines is 2. The number of sulfonamides is 1.